The first-order chi connectivity index (χ1) is 11.3. The van der Waals surface area contributed by atoms with E-state index >= 15 is 0 Å². The van der Waals surface area contributed by atoms with Gasteiger partial charge in [0.25, 0.3) is 0 Å². The Kier molecular flexibility index (Phi) is 4.15. The molecule has 0 spiro atoms. The Labute approximate surface area is 141 Å². The number of rotatable bonds is 4. The molecule has 0 fully saturated rings. The Bertz CT molecular complexity index is 778. The zero-order chi connectivity index (χ0) is 17.4. The Morgan fingerprint density at radius 2 is 1.92 bits per heavy atom. The second kappa shape index (κ2) is 5.99. The fourth-order valence-electron chi connectivity index (χ4n) is 2.34. The zero-order valence-corrected chi connectivity index (χ0v) is 13.3. The molecule has 1 aromatic heterocycles. The molecule has 0 saturated carbocycles. The van der Waals surface area contributed by atoms with Crippen LogP contribution in [0.15, 0.2) is 47.8 Å². The van der Waals surface area contributed by atoms with Crippen LogP contribution in [0.4, 0.5) is 8.78 Å². The van der Waals surface area contributed by atoms with Gasteiger partial charge in [0, 0.05) is 11.8 Å². The third-order valence-electron chi connectivity index (χ3n) is 3.65. The van der Waals surface area contributed by atoms with Crippen molar-refractivity contribution in [1.82, 2.24) is 4.98 Å². The minimum atomic E-state index is -3.94. The average molecular weight is 355 g/mol. The Balaban J connectivity index is 1.84. The molecule has 0 radical (unpaired) electrons. The zero-order valence-electron chi connectivity index (χ0n) is 12.5. The quantitative estimate of drug-likeness (QED) is 0.855. The van der Waals surface area contributed by atoms with Gasteiger partial charge in [-0.15, -0.1) is 0 Å². The molecule has 5 nitrogen and oxygen atoms in total. The largest absolute Gasteiger partial charge is 0.481 e. The van der Waals surface area contributed by atoms with Crippen molar-refractivity contribution in [2.24, 2.45) is 5.16 Å². The highest BCUT2D eigenvalue weighted by Crippen LogP contribution is 2.41. The molecule has 1 aliphatic heterocycles. The standard InChI is InChI=1S/C16H13ClF2N2O3/c1-23-14-12(3-2-8-20-14)10-4-6-11(7-5-10)13-9-15(22,24-21-13)16(17,18)19/h2-8,22H,9H2,1H3. The summed E-state index contributed by atoms with van der Waals surface area (Å²) in [5.41, 5.74) is 2.35. The van der Waals surface area contributed by atoms with E-state index in [1.54, 1.807) is 36.5 Å². The highest BCUT2D eigenvalue weighted by molar-refractivity contribution is 6.22. The van der Waals surface area contributed by atoms with Crippen molar-refractivity contribution in [1.29, 1.82) is 0 Å². The number of methoxy groups -OCH3 is 1. The second-order valence-electron chi connectivity index (χ2n) is 5.23. The fraction of sp³-hybridized carbons (Fsp3) is 0.250. The van der Waals surface area contributed by atoms with Crippen molar-refractivity contribution < 1.29 is 23.5 Å². The van der Waals surface area contributed by atoms with Crippen molar-refractivity contribution in [2.75, 3.05) is 7.11 Å². The van der Waals surface area contributed by atoms with Crippen LogP contribution in [-0.4, -0.2) is 34.1 Å². The lowest BCUT2D eigenvalue weighted by atomic mass is 9.99. The lowest BCUT2D eigenvalue weighted by Gasteiger charge is -2.23. The highest BCUT2D eigenvalue weighted by Gasteiger charge is 2.58. The molecule has 1 N–H and O–H groups in total. The van der Waals surface area contributed by atoms with E-state index in [4.69, 9.17) is 16.3 Å². The van der Waals surface area contributed by atoms with E-state index in [0.29, 0.717) is 11.4 Å². The molecule has 2 aromatic rings. The maximum absolute atomic E-state index is 13.2. The van der Waals surface area contributed by atoms with Gasteiger partial charge in [0.1, 0.15) is 0 Å². The highest BCUT2D eigenvalue weighted by atomic mass is 35.5. The van der Waals surface area contributed by atoms with Crippen LogP contribution in [0.25, 0.3) is 11.1 Å². The molecule has 3 rings (SSSR count). The van der Waals surface area contributed by atoms with Gasteiger partial charge >= 0.3 is 11.2 Å². The summed E-state index contributed by atoms with van der Waals surface area (Å²) in [7, 11) is 1.53. The summed E-state index contributed by atoms with van der Waals surface area (Å²) >= 11 is 4.87. The lowest BCUT2D eigenvalue weighted by Crippen LogP contribution is -2.44. The average Bonchev–Trinajstić information content (AvgIpc) is 2.98. The Morgan fingerprint density at radius 1 is 1.25 bits per heavy atom. The third-order valence-corrected chi connectivity index (χ3v) is 3.95. The molecular formula is C16H13ClF2N2O3. The number of nitrogens with zero attached hydrogens (tertiary/aromatic N) is 2. The van der Waals surface area contributed by atoms with Crippen LogP contribution in [0.2, 0.25) is 0 Å². The fourth-order valence-corrected chi connectivity index (χ4v) is 2.45. The molecule has 24 heavy (non-hydrogen) atoms. The summed E-state index contributed by atoms with van der Waals surface area (Å²) in [6.07, 6.45) is 1.10. The monoisotopic (exact) mass is 354 g/mol. The first-order valence-electron chi connectivity index (χ1n) is 6.98. The predicted molar refractivity (Wildman–Crippen MR) is 84.2 cm³/mol. The smallest absolute Gasteiger partial charge is 0.388 e. The van der Waals surface area contributed by atoms with Gasteiger partial charge < -0.3 is 14.7 Å². The first kappa shape index (κ1) is 16.6. The molecule has 0 aliphatic carbocycles. The lowest BCUT2D eigenvalue weighted by molar-refractivity contribution is -0.272. The van der Waals surface area contributed by atoms with E-state index in [0.717, 1.165) is 11.1 Å². The van der Waals surface area contributed by atoms with E-state index in [2.05, 4.69) is 15.0 Å². The first-order valence-corrected chi connectivity index (χ1v) is 7.36. The van der Waals surface area contributed by atoms with Crippen LogP contribution in [0.5, 0.6) is 5.88 Å². The molecule has 1 aliphatic rings. The van der Waals surface area contributed by atoms with Gasteiger partial charge in [-0.1, -0.05) is 29.4 Å². The van der Waals surface area contributed by atoms with Gasteiger partial charge in [-0.25, -0.2) is 4.98 Å². The molecule has 1 aromatic carbocycles. The van der Waals surface area contributed by atoms with Crippen LogP contribution in [0, 0.1) is 0 Å². The summed E-state index contributed by atoms with van der Waals surface area (Å²) in [6.45, 7) is 0. The number of aromatic nitrogens is 1. The minimum Gasteiger partial charge on any atom is -0.481 e. The van der Waals surface area contributed by atoms with Crippen LogP contribution in [0.1, 0.15) is 12.0 Å². The van der Waals surface area contributed by atoms with Crippen molar-refractivity contribution in [3.05, 3.63) is 48.2 Å². The van der Waals surface area contributed by atoms with E-state index in [-0.39, 0.29) is 5.71 Å². The predicted octanol–water partition coefficient (Wildman–Crippen LogP) is 3.40. The summed E-state index contributed by atoms with van der Waals surface area (Å²) < 4.78 is 31.5. The topological polar surface area (TPSA) is 63.9 Å². The van der Waals surface area contributed by atoms with Gasteiger partial charge in [0.05, 0.1) is 19.2 Å². The number of ether oxygens (including phenoxy) is 1. The molecule has 1 unspecified atom stereocenters. The Morgan fingerprint density at radius 3 is 2.50 bits per heavy atom. The van der Waals surface area contributed by atoms with E-state index in [9.17, 15) is 13.9 Å². The molecule has 2 heterocycles. The maximum atomic E-state index is 13.2. The van der Waals surface area contributed by atoms with Crippen molar-refractivity contribution >= 4 is 17.3 Å². The molecule has 8 heteroatoms. The van der Waals surface area contributed by atoms with Gasteiger partial charge in [-0.05, 0) is 34.9 Å². The number of halogens is 3. The normalized spacial score (nSPS) is 20.5. The van der Waals surface area contributed by atoms with Gasteiger partial charge in [-0.3, -0.25) is 0 Å². The van der Waals surface area contributed by atoms with Crippen LogP contribution in [-0.2, 0) is 4.84 Å². The van der Waals surface area contributed by atoms with Crippen LogP contribution < -0.4 is 4.74 Å². The molecule has 0 saturated heterocycles. The van der Waals surface area contributed by atoms with Crippen LogP contribution in [0.3, 0.4) is 0 Å². The van der Waals surface area contributed by atoms with Crippen LogP contribution >= 0.6 is 11.6 Å². The molecule has 1 atom stereocenters. The summed E-state index contributed by atoms with van der Waals surface area (Å²) in [5.74, 6) is -2.36. The summed E-state index contributed by atoms with van der Waals surface area (Å²) in [4.78, 5) is 8.58. The van der Waals surface area contributed by atoms with E-state index < -0.39 is 17.6 Å². The number of alkyl halides is 3. The number of hydrogen-bond acceptors (Lipinski definition) is 5. The molecular weight excluding hydrogens is 342 g/mol. The number of benzene rings is 1. The number of oxime groups is 1. The summed E-state index contributed by atoms with van der Waals surface area (Å²) in [5, 5.41) is 9.30. The minimum absolute atomic E-state index is 0.183. The second-order valence-corrected chi connectivity index (χ2v) is 5.70. The maximum Gasteiger partial charge on any atom is 0.388 e. The number of pyridine rings is 1. The van der Waals surface area contributed by atoms with E-state index in [1.165, 1.54) is 7.11 Å². The molecule has 126 valence electrons. The van der Waals surface area contributed by atoms with E-state index in [1.807, 2.05) is 6.07 Å². The number of hydrogen-bond donors (Lipinski definition) is 1. The Hall–Kier alpha value is -2.25. The van der Waals surface area contributed by atoms with Gasteiger partial charge in [-0.2, -0.15) is 8.78 Å². The number of aliphatic hydroxyl groups is 1. The summed E-state index contributed by atoms with van der Waals surface area (Å²) in [6, 6.07) is 10.5. The molecule has 0 amide bonds. The van der Waals surface area contributed by atoms with Crippen molar-refractivity contribution in [3.8, 4) is 17.0 Å². The molecule has 0 bridgehead atoms. The SMILES string of the molecule is COc1ncccc1-c1ccc(C2=NOC(O)(C(F)(F)Cl)C2)cc1. The van der Waals surface area contributed by atoms with Gasteiger partial charge in [0.15, 0.2) is 0 Å². The van der Waals surface area contributed by atoms with Crippen molar-refractivity contribution in [2.45, 2.75) is 17.6 Å². The van der Waals surface area contributed by atoms with Crippen molar-refractivity contribution in [3.63, 3.8) is 0 Å². The third kappa shape index (κ3) is 2.92. The van der Waals surface area contributed by atoms with Gasteiger partial charge in [0.2, 0.25) is 5.88 Å².